The van der Waals surface area contributed by atoms with Gasteiger partial charge in [-0.3, -0.25) is 10.8 Å². The van der Waals surface area contributed by atoms with Crippen molar-refractivity contribution in [1.29, 1.82) is 0 Å². The number of halogens is 2. The minimum atomic E-state index is -0.785. The Morgan fingerprint density at radius 2 is 1.36 bits per heavy atom. The summed E-state index contributed by atoms with van der Waals surface area (Å²) in [5.74, 6) is 1.80. The Morgan fingerprint density at radius 3 is 2.00 bits per heavy atom. The molecule has 4 heteroatoms. The van der Waals surface area contributed by atoms with E-state index in [2.05, 4.69) is 6.42 Å². The van der Waals surface area contributed by atoms with E-state index in [4.69, 9.17) is 0 Å². The SMILES string of the molecule is FC1[CH-]CCC(C2CCC(C3CC[CH-]CC3)CC2F)C1.[Re].[Re]. The zero-order valence-corrected chi connectivity index (χ0v) is 18.6. The van der Waals surface area contributed by atoms with Gasteiger partial charge in [-0.15, -0.1) is 0 Å². The fourth-order valence-electron chi connectivity index (χ4n) is 4.94. The molecule has 3 aliphatic carbocycles. The van der Waals surface area contributed by atoms with Crippen LogP contribution in [0, 0.1) is 36.5 Å². The molecule has 0 bridgehead atoms. The van der Waals surface area contributed by atoms with Gasteiger partial charge >= 0.3 is 0 Å². The summed E-state index contributed by atoms with van der Waals surface area (Å²) in [5, 5.41) is 0. The van der Waals surface area contributed by atoms with Crippen molar-refractivity contribution in [3.8, 4) is 0 Å². The molecule has 0 nitrogen and oxygen atoms in total. The summed E-state index contributed by atoms with van der Waals surface area (Å²) in [4.78, 5) is 0. The van der Waals surface area contributed by atoms with Gasteiger partial charge in [-0.05, 0) is 55.5 Å². The molecule has 0 amide bonds. The molecule has 22 heavy (non-hydrogen) atoms. The molecule has 5 atom stereocenters. The minimum Gasteiger partial charge on any atom is -0.328 e. The normalized spacial score (nSPS) is 40.4. The van der Waals surface area contributed by atoms with Crippen molar-refractivity contribution in [2.45, 2.75) is 76.6 Å². The summed E-state index contributed by atoms with van der Waals surface area (Å²) in [7, 11) is 0. The fourth-order valence-corrected chi connectivity index (χ4v) is 4.94. The Hall–Kier alpha value is 1.18. The number of rotatable bonds is 2. The van der Waals surface area contributed by atoms with E-state index in [1.807, 2.05) is 0 Å². The van der Waals surface area contributed by atoms with Crippen molar-refractivity contribution in [2.24, 2.45) is 23.7 Å². The maximum atomic E-state index is 14.6. The minimum absolute atomic E-state index is 0. The van der Waals surface area contributed by atoms with Gasteiger partial charge in [0.1, 0.15) is 6.17 Å². The van der Waals surface area contributed by atoms with E-state index in [0.717, 1.165) is 31.6 Å². The van der Waals surface area contributed by atoms with Crippen molar-refractivity contribution < 1.29 is 49.6 Å². The van der Waals surface area contributed by atoms with E-state index >= 15 is 0 Å². The van der Waals surface area contributed by atoms with Gasteiger partial charge in [0, 0.05) is 40.8 Å². The van der Waals surface area contributed by atoms with Crippen molar-refractivity contribution >= 4 is 0 Å². The van der Waals surface area contributed by atoms with Crippen molar-refractivity contribution in [2.75, 3.05) is 0 Å². The zero-order valence-electron chi connectivity index (χ0n) is 13.2. The molecule has 0 aromatic heterocycles. The first-order chi connectivity index (χ1) is 9.74. The summed E-state index contributed by atoms with van der Waals surface area (Å²) < 4.78 is 28.1. The van der Waals surface area contributed by atoms with Crippen LogP contribution in [0.25, 0.3) is 0 Å². The molecule has 3 rings (SSSR count). The first kappa shape index (κ1) is 21.2. The van der Waals surface area contributed by atoms with E-state index in [1.54, 1.807) is 6.42 Å². The first-order valence-electron chi connectivity index (χ1n) is 8.67. The van der Waals surface area contributed by atoms with Gasteiger partial charge in [0.25, 0.3) is 0 Å². The third kappa shape index (κ3) is 5.34. The molecule has 0 aliphatic heterocycles. The largest absolute Gasteiger partial charge is 0.328 e. The number of hydrogen-bond acceptors (Lipinski definition) is 0. The molecule has 130 valence electrons. The second-order valence-electron chi connectivity index (χ2n) is 7.28. The average Bonchev–Trinajstić information content (AvgIpc) is 2.48. The second-order valence-corrected chi connectivity index (χ2v) is 7.28. The molecule has 3 saturated carbocycles. The van der Waals surface area contributed by atoms with Crippen LogP contribution in [0.2, 0.25) is 0 Å². The average molecular weight is 655 g/mol. The predicted octanol–water partition coefficient (Wildman–Crippen LogP) is 5.47. The van der Waals surface area contributed by atoms with Crippen LogP contribution in [0.1, 0.15) is 64.2 Å². The summed E-state index contributed by atoms with van der Waals surface area (Å²) in [6, 6.07) is 0. The summed E-state index contributed by atoms with van der Waals surface area (Å²) >= 11 is 0. The quantitative estimate of drug-likeness (QED) is 0.347. The Morgan fingerprint density at radius 1 is 0.682 bits per heavy atom. The van der Waals surface area contributed by atoms with Crippen LogP contribution < -0.4 is 0 Å². The van der Waals surface area contributed by atoms with Gasteiger partial charge in [0.15, 0.2) is 0 Å². The van der Waals surface area contributed by atoms with Crippen LogP contribution in [-0.4, -0.2) is 12.3 Å². The third-order valence-corrected chi connectivity index (χ3v) is 6.11. The summed E-state index contributed by atoms with van der Waals surface area (Å²) in [6.07, 6.45) is 13.1. The maximum absolute atomic E-state index is 14.6. The van der Waals surface area contributed by atoms with Gasteiger partial charge in [-0.1, -0.05) is 19.3 Å². The van der Waals surface area contributed by atoms with Crippen molar-refractivity contribution in [1.82, 2.24) is 0 Å². The monoisotopic (exact) mass is 656 g/mol. The molecule has 3 fully saturated rings. The zero-order chi connectivity index (χ0) is 13.9. The second kappa shape index (κ2) is 10.2. The number of hydrogen-bond donors (Lipinski definition) is 0. The van der Waals surface area contributed by atoms with Crippen LogP contribution in [0.3, 0.4) is 0 Å². The smallest absolute Gasteiger partial charge is 0.103 e. The molecule has 5 unspecified atom stereocenters. The van der Waals surface area contributed by atoms with E-state index in [1.165, 1.54) is 32.1 Å². The first-order valence-corrected chi connectivity index (χ1v) is 8.67. The van der Waals surface area contributed by atoms with Gasteiger partial charge in [0.2, 0.25) is 0 Å². The van der Waals surface area contributed by atoms with Crippen LogP contribution >= 0.6 is 0 Å². The third-order valence-electron chi connectivity index (χ3n) is 6.11. The summed E-state index contributed by atoms with van der Waals surface area (Å²) in [5.41, 5.74) is 0. The molecule has 0 spiro atoms. The number of alkyl halides is 2. The van der Waals surface area contributed by atoms with Gasteiger partial charge in [-0.2, -0.15) is 19.3 Å². The Labute approximate surface area is 162 Å². The van der Waals surface area contributed by atoms with Crippen LogP contribution in [-0.2, 0) is 40.8 Å². The molecule has 0 aromatic rings. The molecule has 0 N–H and O–H groups in total. The standard InChI is InChI=1S/C18H28F2.2Re/c19-16-8-4-7-15(11-16)17-10-9-14(12-18(17)20)13-5-2-1-3-6-13;;/h1,8,13-18H,2-7,9-12H2;;/q-2;;. The topological polar surface area (TPSA) is 0 Å². The van der Waals surface area contributed by atoms with Crippen molar-refractivity contribution in [3.63, 3.8) is 0 Å². The van der Waals surface area contributed by atoms with Gasteiger partial charge in [0.05, 0.1) is 0 Å². The molecular weight excluding hydrogens is 627 g/mol. The van der Waals surface area contributed by atoms with Gasteiger partial charge in [-0.25, -0.2) is 4.39 Å². The van der Waals surface area contributed by atoms with Crippen LogP contribution in [0.15, 0.2) is 0 Å². The molecule has 2 radical (unpaired) electrons. The van der Waals surface area contributed by atoms with Crippen LogP contribution in [0.4, 0.5) is 8.78 Å². The van der Waals surface area contributed by atoms with Crippen molar-refractivity contribution in [3.05, 3.63) is 12.8 Å². The molecule has 0 aromatic carbocycles. The maximum Gasteiger partial charge on any atom is 0.103 e. The molecule has 0 heterocycles. The Balaban J connectivity index is 0.00000121. The van der Waals surface area contributed by atoms with E-state index in [0.29, 0.717) is 18.3 Å². The molecule has 3 aliphatic rings. The Kier molecular flexibility index (Phi) is 9.88. The Bertz CT molecular complexity index is 307. The predicted molar refractivity (Wildman–Crippen MR) is 78.5 cm³/mol. The van der Waals surface area contributed by atoms with Gasteiger partial charge < -0.3 is 6.42 Å². The van der Waals surface area contributed by atoms with Crippen LogP contribution in [0.5, 0.6) is 0 Å². The van der Waals surface area contributed by atoms with E-state index < -0.39 is 12.3 Å². The van der Waals surface area contributed by atoms with E-state index in [-0.39, 0.29) is 46.8 Å². The summed E-state index contributed by atoms with van der Waals surface area (Å²) in [6.45, 7) is 0. The molecular formula is C18H28F2Re2-2. The van der Waals surface area contributed by atoms with E-state index in [9.17, 15) is 8.78 Å². The molecule has 0 saturated heterocycles. The fraction of sp³-hybridized carbons (Fsp3) is 0.889.